The first-order valence-electron chi connectivity index (χ1n) is 13.8. The summed E-state index contributed by atoms with van der Waals surface area (Å²) in [6.45, 7) is -0.0974. The second-order valence-corrected chi connectivity index (χ2v) is 11.8. The van der Waals surface area contributed by atoms with Gasteiger partial charge in [0.05, 0.1) is 17.7 Å². The molecule has 0 fully saturated rings. The molecule has 1 aromatic heterocycles. The molecule has 0 bridgehead atoms. The number of anilines is 2. The van der Waals surface area contributed by atoms with Gasteiger partial charge in [-0.3, -0.25) is 14.2 Å². The van der Waals surface area contributed by atoms with Crippen molar-refractivity contribution >= 4 is 63.5 Å². The number of hydrogen-bond donors (Lipinski definition) is 4. The lowest BCUT2D eigenvalue weighted by Gasteiger charge is -2.10. The van der Waals surface area contributed by atoms with Gasteiger partial charge < -0.3 is 21.1 Å². The van der Waals surface area contributed by atoms with E-state index >= 15 is 0 Å². The second-order valence-electron chi connectivity index (χ2n) is 10.2. The van der Waals surface area contributed by atoms with E-state index in [4.69, 9.17) is 16.7 Å². The van der Waals surface area contributed by atoms with Crippen molar-refractivity contribution in [3.8, 4) is 0 Å². The van der Waals surface area contributed by atoms with Crippen LogP contribution in [0.3, 0.4) is 0 Å². The molecule has 5 rings (SSSR count). The first-order chi connectivity index (χ1) is 21.9. The van der Waals surface area contributed by atoms with Gasteiger partial charge in [-0.25, -0.2) is 4.79 Å². The van der Waals surface area contributed by atoms with E-state index < -0.39 is 17.5 Å². The van der Waals surface area contributed by atoms with Crippen molar-refractivity contribution in [3.63, 3.8) is 0 Å². The van der Waals surface area contributed by atoms with E-state index in [0.717, 1.165) is 11.1 Å². The number of nitrogens with one attached hydrogen (secondary N) is 3. The van der Waals surface area contributed by atoms with Crippen molar-refractivity contribution in [1.82, 2.24) is 9.88 Å². The number of aliphatic carboxylic acids is 1. The Morgan fingerprint density at radius 1 is 0.870 bits per heavy atom. The Morgan fingerprint density at radius 2 is 1.54 bits per heavy atom. The molecule has 0 aliphatic heterocycles. The first kappa shape index (κ1) is 32.6. The highest BCUT2D eigenvalue weighted by Gasteiger charge is 2.29. The minimum Gasteiger partial charge on any atom is -0.480 e. The van der Waals surface area contributed by atoms with Gasteiger partial charge in [0, 0.05) is 39.3 Å². The van der Waals surface area contributed by atoms with Crippen molar-refractivity contribution in [3.05, 3.63) is 124 Å². The number of amides is 2. The highest BCUT2D eigenvalue weighted by atomic mass is 35.5. The average Bonchev–Trinajstić information content (AvgIpc) is 3.35. The predicted octanol–water partition coefficient (Wildman–Crippen LogP) is 8.00. The van der Waals surface area contributed by atoms with Gasteiger partial charge in [0.1, 0.15) is 0 Å². The van der Waals surface area contributed by atoms with Gasteiger partial charge in [0.25, 0.3) is 5.91 Å². The molecule has 4 N–H and O–H groups in total. The fraction of sp³-hybridized carbons (Fsp3) is 0.121. The van der Waals surface area contributed by atoms with E-state index in [0.29, 0.717) is 44.8 Å². The Balaban J connectivity index is 1.28. The lowest BCUT2D eigenvalue weighted by molar-refractivity contribution is -0.136. The number of halogens is 4. The third-order valence-corrected chi connectivity index (χ3v) is 7.82. The van der Waals surface area contributed by atoms with Crippen molar-refractivity contribution in [2.24, 2.45) is 0 Å². The molecule has 5 aromatic rings. The molecule has 236 valence electrons. The number of carbonyl (C=O) groups excluding carboxylic acids is 2. The summed E-state index contributed by atoms with van der Waals surface area (Å²) in [6, 6.07) is 24.4. The van der Waals surface area contributed by atoms with Crippen LogP contribution in [-0.2, 0) is 17.8 Å². The number of alkyl halides is 3. The van der Waals surface area contributed by atoms with Crippen molar-refractivity contribution < 1.29 is 32.7 Å². The number of carboxylic acids is 1. The Hall–Kier alpha value is -4.78. The molecule has 0 atom stereocenters. The zero-order valence-electron chi connectivity index (χ0n) is 23.9. The maximum absolute atomic E-state index is 13.7. The summed E-state index contributed by atoms with van der Waals surface area (Å²) in [6.07, 6.45) is 2.00. The van der Waals surface area contributed by atoms with E-state index in [1.165, 1.54) is 22.9 Å². The van der Waals surface area contributed by atoms with Crippen LogP contribution in [0.25, 0.3) is 10.9 Å². The van der Waals surface area contributed by atoms with E-state index in [1.807, 2.05) is 0 Å². The molecule has 0 aliphatic carbocycles. The Labute approximate surface area is 270 Å². The van der Waals surface area contributed by atoms with Gasteiger partial charge >= 0.3 is 17.5 Å². The number of aromatic nitrogens is 1. The number of nitrogens with zero attached hydrogens (tertiary/aromatic N) is 1. The summed E-state index contributed by atoms with van der Waals surface area (Å²) in [5.74, 6) is -1.39. The molecule has 0 unspecified atom stereocenters. The number of carbonyl (C=O) groups is 3. The number of fused-ring (bicyclic) bond motifs is 1. The molecular weight excluding hydrogens is 641 g/mol. The highest BCUT2D eigenvalue weighted by molar-refractivity contribution is 8.00. The van der Waals surface area contributed by atoms with Gasteiger partial charge in [-0.2, -0.15) is 13.2 Å². The largest absolute Gasteiger partial charge is 0.480 e. The Morgan fingerprint density at radius 3 is 2.22 bits per heavy atom. The second kappa shape index (κ2) is 14.1. The van der Waals surface area contributed by atoms with Crippen LogP contribution < -0.4 is 16.0 Å². The fourth-order valence-electron chi connectivity index (χ4n) is 4.82. The standard InChI is InChI=1S/C33H26ClF3N4O4S/c34-23-9-14-29-27(16-23)28(19-41(29)31(44)26-4-2-1-3-22(26)17-38-18-30(42)43)40-32(45)39-24-10-5-20(6-11-24)15-21-7-12-25(13-8-21)46-33(35,36)37/h1-14,16,19,38H,15,17-18H2,(H,42,43)(H2,39,40,45). The van der Waals surface area contributed by atoms with E-state index in [1.54, 1.807) is 78.9 Å². The van der Waals surface area contributed by atoms with Crippen LogP contribution in [-0.4, -0.2) is 39.6 Å². The summed E-state index contributed by atoms with van der Waals surface area (Å²) < 4.78 is 39.1. The van der Waals surface area contributed by atoms with Crippen LogP contribution in [0, 0.1) is 0 Å². The Kier molecular flexibility index (Phi) is 10.0. The number of benzene rings is 4. The van der Waals surface area contributed by atoms with Crippen LogP contribution in [0.2, 0.25) is 5.02 Å². The third kappa shape index (κ3) is 8.47. The van der Waals surface area contributed by atoms with Crippen LogP contribution in [0.15, 0.2) is 102 Å². The van der Waals surface area contributed by atoms with Crippen LogP contribution in [0.1, 0.15) is 27.0 Å². The zero-order chi connectivity index (χ0) is 32.8. The van der Waals surface area contributed by atoms with Crippen LogP contribution in [0.4, 0.5) is 29.3 Å². The monoisotopic (exact) mass is 666 g/mol. The smallest absolute Gasteiger partial charge is 0.446 e. The maximum Gasteiger partial charge on any atom is 0.446 e. The summed E-state index contributed by atoms with van der Waals surface area (Å²) in [4.78, 5) is 37.7. The van der Waals surface area contributed by atoms with Gasteiger partial charge in [0.15, 0.2) is 0 Å². The van der Waals surface area contributed by atoms with E-state index in [2.05, 4.69) is 16.0 Å². The molecule has 0 aliphatic rings. The summed E-state index contributed by atoms with van der Waals surface area (Å²) in [5, 5.41) is 18.2. The van der Waals surface area contributed by atoms with E-state index in [-0.39, 0.29) is 35.7 Å². The number of urea groups is 1. The number of rotatable bonds is 10. The predicted molar refractivity (Wildman–Crippen MR) is 173 cm³/mol. The molecule has 0 saturated carbocycles. The lowest BCUT2D eigenvalue weighted by atomic mass is 10.0. The SMILES string of the molecule is O=C(O)CNCc1ccccc1C(=O)n1cc(NC(=O)Nc2ccc(Cc3ccc(SC(F)(F)F)cc3)cc2)c2cc(Cl)ccc21. The molecule has 0 spiro atoms. The quantitative estimate of drug-likeness (QED) is 0.112. The molecular formula is C33H26ClF3N4O4S. The zero-order valence-corrected chi connectivity index (χ0v) is 25.5. The first-order valence-corrected chi connectivity index (χ1v) is 15.0. The van der Waals surface area contributed by atoms with Crippen molar-refractivity contribution in [1.29, 1.82) is 0 Å². The van der Waals surface area contributed by atoms with Gasteiger partial charge in [-0.05, 0) is 83.4 Å². The van der Waals surface area contributed by atoms with Gasteiger partial charge in [0.2, 0.25) is 0 Å². The minimum absolute atomic E-state index is 0.117. The number of carboxylic acid groups (broad SMARTS) is 1. The Bertz CT molecular complexity index is 1890. The average molecular weight is 667 g/mol. The molecule has 4 aromatic carbocycles. The van der Waals surface area contributed by atoms with Crippen molar-refractivity contribution in [2.45, 2.75) is 23.4 Å². The normalized spacial score (nSPS) is 11.4. The lowest BCUT2D eigenvalue weighted by Crippen LogP contribution is -2.23. The summed E-state index contributed by atoms with van der Waals surface area (Å²) >= 11 is 6.09. The van der Waals surface area contributed by atoms with Crippen LogP contribution >= 0.6 is 23.4 Å². The molecule has 8 nitrogen and oxygen atoms in total. The highest BCUT2D eigenvalue weighted by Crippen LogP contribution is 2.37. The molecule has 46 heavy (non-hydrogen) atoms. The summed E-state index contributed by atoms with van der Waals surface area (Å²) in [7, 11) is 0. The number of hydrogen-bond acceptors (Lipinski definition) is 5. The van der Waals surface area contributed by atoms with E-state index in [9.17, 15) is 27.6 Å². The topological polar surface area (TPSA) is 112 Å². The molecule has 13 heteroatoms. The van der Waals surface area contributed by atoms with Crippen LogP contribution in [0.5, 0.6) is 0 Å². The molecule has 2 amide bonds. The molecule has 1 heterocycles. The van der Waals surface area contributed by atoms with Gasteiger partial charge in [-0.15, -0.1) is 0 Å². The maximum atomic E-state index is 13.7. The van der Waals surface area contributed by atoms with Crippen molar-refractivity contribution in [2.75, 3.05) is 17.2 Å². The third-order valence-electron chi connectivity index (χ3n) is 6.85. The number of thioether (sulfide) groups is 1. The minimum atomic E-state index is -4.34. The fourth-order valence-corrected chi connectivity index (χ4v) is 5.53. The summed E-state index contributed by atoms with van der Waals surface area (Å²) in [5.41, 5.74) is -0.281. The van der Waals surface area contributed by atoms with Gasteiger partial charge in [-0.1, -0.05) is 54.1 Å². The molecule has 0 radical (unpaired) electrons. The molecule has 0 saturated heterocycles.